The van der Waals surface area contributed by atoms with Gasteiger partial charge in [0.1, 0.15) is 17.3 Å². The third-order valence-electron chi connectivity index (χ3n) is 5.07. The smallest absolute Gasteiger partial charge is 0.200 e. The predicted octanol–water partition coefficient (Wildman–Crippen LogP) is 2.91. The molecule has 1 aliphatic rings. The summed E-state index contributed by atoms with van der Waals surface area (Å²) in [5, 5.41) is 14.9. The fraction of sp³-hybridized carbons (Fsp3) is 0.350. The molecule has 28 heavy (non-hydrogen) atoms. The van der Waals surface area contributed by atoms with Gasteiger partial charge in [-0.15, -0.1) is 17.5 Å². The number of rotatable bonds is 4. The summed E-state index contributed by atoms with van der Waals surface area (Å²) >= 11 is 0. The maximum absolute atomic E-state index is 13.2. The van der Waals surface area contributed by atoms with E-state index < -0.39 is 6.10 Å². The van der Waals surface area contributed by atoms with E-state index in [1.54, 1.807) is 18.3 Å². The average molecular weight is 404 g/mol. The van der Waals surface area contributed by atoms with E-state index in [4.69, 9.17) is 10.7 Å². The molecule has 4 rings (SSSR count). The second-order valence-corrected chi connectivity index (χ2v) is 7.03. The van der Waals surface area contributed by atoms with Gasteiger partial charge in [0.2, 0.25) is 0 Å². The van der Waals surface area contributed by atoms with Gasteiger partial charge < -0.3 is 10.8 Å². The first kappa shape index (κ1) is 20.4. The van der Waals surface area contributed by atoms with Crippen molar-refractivity contribution >= 4 is 12.4 Å². The van der Waals surface area contributed by atoms with Gasteiger partial charge in [-0.3, -0.25) is 4.98 Å². The van der Waals surface area contributed by atoms with Gasteiger partial charge in [-0.2, -0.15) is 0 Å². The van der Waals surface area contributed by atoms with Crippen LogP contribution in [0.15, 0.2) is 48.7 Å². The van der Waals surface area contributed by atoms with Crippen LogP contribution in [0.25, 0.3) is 11.5 Å². The van der Waals surface area contributed by atoms with Gasteiger partial charge in [0, 0.05) is 18.2 Å². The average Bonchev–Trinajstić information content (AvgIpc) is 3.10. The molecule has 0 radical (unpaired) electrons. The van der Waals surface area contributed by atoms with E-state index in [1.807, 2.05) is 22.9 Å². The Bertz CT molecular complexity index is 903. The number of aromatic nitrogens is 4. The van der Waals surface area contributed by atoms with E-state index in [2.05, 4.69) is 10.1 Å². The first-order valence-corrected chi connectivity index (χ1v) is 9.14. The number of nitrogens with zero attached hydrogens (tertiary/aromatic N) is 4. The van der Waals surface area contributed by atoms with Gasteiger partial charge in [-0.05, 0) is 49.1 Å². The third-order valence-corrected chi connectivity index (χ3v) is 5.07. The molecule has 6 nitrogen and oxygen atoms in total. The van der Waals surface area contributed by atoms with Crippen molar-refractivity contribution in [3.05, 3.63) is 65.9 Å². The van der Waals surface area contributed by atoms with Crippen molar-refractivity contribution in [2.75, 3.05) is 0 Å². The summed E-state index contributed by atoms with van der Waals surface area (Å²) in [4.78, 5) is 9.08. The summed E-state index contributed by atoms with van der Waals surface area (Å²) in [6, 6.07) is 11.8. The van der Waals surface area contributed by atoms with Crippen LogP contribution in [0.4, 0.5) is 4.39 Å². The zero-order chi connectivity index (χ0) is 18.8. The Labute approximate surface area is 169 Å². The third kappa shape index (κ3) is 4.38. The minimum atomic E-state index is -0.543. The normalized spacial score (nSPS) is 21.9. The Morgan fingerprint density at radius 1 is 1.14 bits per heavy atom. The molecule has 3 aromatic rings. The Morgan fingerprint density at radius 2 is 1.93 bits per heavy atom. The molecule has 3 N–H and O–H groups in total. The minimum Gasteiger partial charge on any atom is -0.391 e. The van der Waals surface area contributed by atoms with E-state index in [1.165, 1.54) is 12.1 Å². The van der Waals surface area contributed by atoms with E-state index >= 15 is 0 Å². The molecule has 0 spiro atoms. The second kappa shape index (κ2) is 8.77. The summed E-state index contributed by atoms with van der Waals surface area (Å²) < 4.78 is 15.1. The number of benzene rings is 1. The molecule has 0 bridgehead atoms. The highest BCUT2D eigenvalue weighted by Gasteiger charge is 2.31. The second-order valence-electron chi connectivity index (χ2n) is 7.03. The molecule has 1 aromatic carbocycles. The van der Waals surface area contributed by atoms with E-state index in [-0.39, 0.29) is 30.2 Å². The van der Waals surface area contributed by atoms with Crippen LogP contribution in [-0.2, 0) is 6.54 Å². The summed E-state index contributed by atoms with van der Waals surface area (Å²) in [6.07, 6.45) is 3.32. The molecule has 0 unspecified atom stereocenters. The van der Waals surface area contributed by atoms with Crippen molar-refractivity contribution in [2.24, 2.45) is 5.73 Å². The highest BCUT2D eigenvalue weighted by atomic mass is 35.5. The van der Waals surface area contributed by atoms with Crippen molar-refractivity contribution in [3.8, 4) is 11.5 Å². The van der Waals surface area contributed by atoms with Gasteiger partial charge in [-0.1, -0.05) is 18.2 Å². The van der Waals surface area contributed by atoms with Gasteiger partial charge in [0.15, 0.2) is 5.82 Å². The maximum Gasteiger partial charge on any atom is 0.200 e. The SMILES string of the molecule is Cl.N[C@@H]1CC[C@H](c2nc(-c3ccccn3)nn2Cc2ccc(F)cc2)C[C@H]1O. The van der Waals surface area contributed by atoms with Crippen molar-refractivity contribution in [1.82, 2.24) is 19.7 Å². The largest absolute Gasteiger partial charge is 0.391 e. The van der Waals surface area contributed by atoms with Gasteiger partial charge in [-0.25, -0.2) is 14.1 Å². The van der Waals surface area contributed by atoms with E-state index in [9.17, 15) is 9.50 Å². The van der Waals surface area contributed by atoms with Crippen LogP contribution in [0.3, 0.4) is 0 Å². The minimum absolute atomic E-state index is 0. The standard InChI is InChI=1S/C20H22FN5O.ClH/c21-15-7-4-13(5-8-15)12-26-20(14-6-9-16(22)18(27)11-14)24-19(25-26)17-3-1-2-10-23-17;/h1-5,7-8,10,14,16,18,27H,6,9,11-12,22H2;1H/t14-,16+,18+;/m0./s1. The number of hydrogen-bond donors (Lipinski definition) is 2. The summed E-state index contributed by atoms with van der Waals surface area (Å²) in [5.41, 5.74) is 7.58. The lowest BCUT2D eigenvalue weighted by atomic mass is 9.84. The lowest BCUT2D eigenvalue weighted by Crippen LogP contribution is -2.40. The number of aliphatic hydroxyl groups excluding tert-OH is 1. The van der Waals surface area contributed by atoms with Crippen molar-refractivity contribution < 1.29 is 9.50 Å². The highest BCUT2D eigenvalue weighted by Crippen LogP contribution is 2.32. The number of aliphatic hydroxyl groups is 1. The number of pyridine rings is 1. The molecule has 8 heteroatoms. The molecule has 0 saturated heterocycles. The van der Waals surface area contributed by atoms with Gasteiger partial charge in [0.05, 0.1) is 12.6 Å². The Hall–Kier alpha value is -2.35. The Morgan fingerprint density at radius 3 is 2.61 bits per heavy atom. The molecule has 3 atom stereocenters. The van der Waals surface area contributed by atoms with E-state index in [0.29, 0.717) is 24.5 Å². The summed E-state index contributed by atoms with van der Waals surface area (Å²) in [5.74, 6) is 1.17. The van der Waals surface area contributed by atoms with Crippen LogP contribution < -0.4 is 5.73 Å². The van der Waals surface area contributed by atoms with Crippen LogP contribution in [0, 0.1) is 5.82 Å². The number of nitrogens with two attached hydrogens (primary N) is 1. The zero-order valence-electron chi connectivity index (χ0n) is 15.3. The fourth-order valence-corrected chi connectivity index (χ4v) is 3.54. The molecule has 2 aromatic heterocycles. The van der Waals surface area contributed by atoms with Crippen molar-refractivity contribution in [2.45, 2.75) is 43.9 Å². The number of halogens is 2. The fourth-order valence-electron chi connectivity index (χ4n) is 3.54. The first-order valence-electron chi connectivity index (χ1n) is 9.14. The molecule has 2 heterocycles. The summed E-state index contributed by atoms with van der Waals surface area (Å²) in [6.45, 7) is 0.480. The van der Waals surface area contributed by atoms with Crippen LogP contribution >= 0.6 is 12.4 Å². The molecule has 1 aliphatic carbocycles. The van der Waals surface area contributed by atoms with Crippen molar-refractivity contribution in [1.29, 1.82) is 0 Å². The van der Waals surface area contributed by atoms with Crippen LogP contribution in [0.5, 0.6) is 0 Å². The Kier molecular flexibility index (Phi) is 6.39. The quantitative estimate of drug-likeness (QED) is 0.699. The van der Waals surface area contributed by atoms with Crippen LogP contribution in [0.2, 0.25) is 0 Å². The lowest BCUT2D eigenvalue weighted by Gasteiger charge is -2.30. The van der Waals surface area contributed by atoms with E-state index in [0.717, 1.165) is 24.2 Å². The predicted molar refractivity (Wildman–Crippen MR) is 107 cm³/mol. The Balaban J connectivity index is 0.00000225. The van der Waals surface area contributed by atoms with Crippen molar-refractivity contribution in [3.63, 3.8) is 0 Å². The molecular formula is C20H23ClFN5O. The lowest BCUT2D eigenvalue weighted by molar-refractivity contribution is 0.0957. The molecular weight excluding hydrogens is 381 g/mol. The van der Waals surface area contributed by atoms with Gasteiger partial charge >= 0.3 is 0 Å². The van der Waals surface area contributed by atoms with Crippen LogP contribution in [0.1, 0.15) is 36.6 Å². The molecule has 1 fully saturated rings. The highest BCUT2D eigenvalue weighted by molar-refractivity contribution is 5.85. The topological polar surface area (TPSA) is 89.9 Å². The molecule has 0 amide bonds. The molecule has 0 aliphatic heterocycles. The first-order chi connectivity index (χ1) is 13.1. The van der Waals surface area contributed by atoms with Gasteiger partial charge in [0.25, 0.3) is 0 Å². The molecule has 148 valence electrons. The van der Waals surface area contributed by atoms with Crippen LogP contribution in [-0.4, -0.2) is 37.0 Å². The zero-order valence-corrected chi connectivity index (χ0v) is 16.1. The summed E-state index contributed by atoms with van der Waals surface area (Å²) in [7, 11) is 0. The maximum atomic E-state index is 13.2. The monoisotopic (exact) mass is 403 g/mol. The number of hydrogen-bond acceptors (Lipinski definition) is 5. The molecule has 1 saturated carbocycles.